The third kappa shape index (κ3) is 8.96. The fourth-order valence-electron chi connectivity index (χ4n) is 7.14. The molecule has 1 N–H and O–H groups in total. The van der Waals surface area contributed by atoms with Crippen LogP contribution in [-0.4, -0.2) is 72.4 Å². The number of ether oxygens (including phenoxy) is 2. The van der Waals surface area contributed by atoms with E-state index in [0.717, 1.165) is 10.4 Å². The molecule has 0 aliphatic carbocycles. The summed E-state index contributed by atoms with van der Waals surface area (Å²) in [5.41, 5.74) is 1.13. The minimum atomic E-state index is -3.08. The van der Waals surface area contributed by atoms with Gasteiger partial charge in [0.25, 0.3) is 14.2 Å². The molecule has 0 saturated heterocycles. The first kappa shape index (κ1) is 41.2. The molecule has 290 valence electrons. The third-order valence-corrected chi connectivity index (χ3v) is 15.0. The minimum absolute atomic E-state index is 0.0139. The molecule has 0 spiro atoms. The summed E-state index contributed by atoms with van der Waals surface area (Å²) in [6, 6.07) is 26.0. The first-order valence-corrected chi connectivity index (χ1v) is 20.8. The highest BCUT2D eigenvalue weighted by Gasteiger charge is 2.51. The molecular weight excluding hydrogens is 734 g/mol. The number of carbonyl (C=O) groups is 3. The Hall–Kier alpha value is -4.96. The van der Waals surface area contributed by atoms with E-state index < -0.39 is 32.0 Å². The lowest BCUT2D eigenvalue weighted by molar-refractivity contribution is 0.0492. The number of benzene rings is 3. The molecule has 2 atom stereocenters. The zero-order valence-corrected chi connectivity index (χ0v) is 34.6. The number of rotatable bonds is 11. The molecule has 3 aromatic carbocycles. The Morgan fingerprint density at radius 3 is 2.16 bits per heavy atom. The van der Waals surface area contributed by atoms with Crippen molar-refractivity contribution in [3.05, 3.63) is 112 Å². The standard InChI is InChI=1S/C42H50ClN5O6Si/c1-9-52-39(50)37-34-26-47(38(49)29-20-21-35(43)30(23-29)24-44)28(2)22-36(34)46-48(37)31(25-45-40(51)54-41(3,4)5)27-53-55(42(6,7)8,32-16-12-10-13-17-32)33-18-14-11-15-19-33/h10-21,23,28,31H,9,22,25-27H2,1-8H3,(H,45,51)/t28-,31?/m1/s1. The van der Waals surface area contributed by atoms with Crippen LogP contribution in [0, 0.1) is 11.3 Å². The maximum absolute atomic E-state index is 14.0. The third-order valence-electron chi connectivity index (χ3n) is 9.64. The topological polar surface area (TPSA) is 136 Å². The van der Waals surface area contributed by atoms with E-state index in [1.807, 2.05) is 49.4 Å². The van der Waals surface area contributed by atoms with Crippen molar-refractivity contribution in [2.75, 3.05) is 19.8 Å². The maximum atomic E-state index is 14.0. The highest BCUT2D eigenvalue weighted by Crippen LogP contribution is 2.38. The Labute approximate surface area is 329 Å². The highest BCUT2D eigenvalue weighted by atomic mass is 35.5. The predicted molar refractivity (Wildman–Crippen MR) is 214 cm³/mol. The summed E-state index contributed by atoms with van der Waals surface area (Å²) in [5.74, 6) is -0.920. The van der Waals surface area contributed by atoms with Crippen LogP contribution >= 0.6 is 11.6 Å². The summed E-state index contributed by atoms with van der Waals surface area (Å²) >= 11 is 6.17. The molecular formula is C42H50ClN5O6Si. The molecule has 0 fully saturated rings. The number of hydrogen-bond donors (Lipinski definition) is 1. The monoisotopic (exact) mass is 783 g/mol. The van der Waals surface area contributed by atoms with E-state index in [0.29, 0.717) is 23.2 Å². The molecule has 1 unspecified atom stereocenters. The van der Waals surface area contributed by atoms with Crippen molar-refractivity contribution >= 4 is 48.3 Å². The molecule has 0 saturated carbocycles. The zero-order valence-electron chi connectivity index (χ0n) is 32.8. The second-order valence-electron chi connectivity index (χ2n) is 15.7. The van der Waals surface area contributed by atoms with Gasteiger partial charge in [0.2, 0.25) is 0 Å². The number of aromatic nitrogens is 2. The molecule has 5 rings (SSSR count). The minimum Gasteiger partial charge on any atom is -0.461 e. The summed E-state index contributed by atoms with van der Waals surface area (Å²) in [6.07, 6.45) is -0.274. The number of carbonyl (C=O) groups excluding carboxylic acids is 3. The summed E-state index contributed by atoms with van der Waals surface area (Å²) in [5, 5.41) is 19.5. The van der Waals surface area contributed by atoms with Gasteiger partial charge in [0.1, 0.15) is 11.7 Å². The van der Waals surface area contributed by atoms with E-state index in [1.54, 1.807) is 43.3 Å². The first-order chi connectivity index (χ1) is 26.0. The molecule has 2 amide bonds. The quantitative estimate of drug-likeness (QED) is 0.130. The van der Waals surface area contributed by atoms with Crippen molar-refractivity contribution in [1.29, 1.82) is 5.26 Å². The van der Waals surface area contributed by atoms with Gasteiger partial charge >= 0.3 is 12.1 Å². The van der Waals surface area contributed by atoms with Crippen molar-refractivity contribution in [2.45, 2.75) is 91.1 Å². The normalized spacial score (nSPS) is 15.1. The van der Waals surface area contributed by atoms with E-state index >= 15 is 0 Å². The van der Waals surface area contributed by atoms with Gasteiger partial charge in [0.05, 0.1) is 42.1 Å². The predicted octanol–water partition coefficient (Wildman–Crippen LogP) is 6.81. The SMILES string of the molecule is CCOC(=O)c1c2c(nn1C(CNC(=O)OC(C)(C)C)CO[Si](c1ccccc1)(c1ccccc1)C(C)(C)C)C[C@@H](C)N(C(=O)c1ccc(Cl)c(C#N)c1)C2. The van der Waals surface area contributed by atoms with E-state index in [-0.39, 0.29) is 59.6 Å². The molecule has 0 bridgehead atoms. The van der Waals surface area contributed by atoms with Gasteiger partial charge in [-0.2, -0.15) is 10.4 Å². The maximum Gasteiger partial charge on any atom is 0.407 e. The molecule has 55 heavy (non-hydrogen) atoms. The fourth-order valence-corrected chi connectivity index (χ4v) is 11.9. The second-order valence-corrected chi connectivity index (χ2v) is 20.5. The molecule has 2 heterocycles. The van der Waals surface area contributed by atoms with Gasteiger partial charge in [-0.15, -0.1) is 0 Å². The number of nitriles is 1. The average molecular weight is 784 g/mol. The van der Waals surface area contributed by atoms with Crippen molar-refractivity contribution in [3.63, 3.8) is 0 Å². The van der Waals surface area contributed by atoms with E-state index in [9.17, 15) is 19.6 Å². The van der Waals surface area contributed by atoms with Crippen molar-refractivity contribution in [2.24, 2.45) is 0 Å². The summed E-state index contributed by atoms with van der Waals surface area (Å²) in [7, 11) is -3.08. The van der Waals surface area contributed by atoms with E-state index in [1.165, 1.54) is 12.1 Å². The van der Waals surface area contributed by atoms with Gasteiger partial charge in [-0.1, -0.05) is 93.0 Å². The van der Waals surface area contributed by atoms with Crippen molar-refractivity contribution in [3.8, 4) is 6.07 Å². The van der Waals surface area contributed by atoms with Crippen LogP contribution in [0.4, 0.5) is 4.79 Å². The van der Waals surface area contributed by atoms with Gasteiger partial charge in [-0.05, 0) is 68.2 Å². The smallest absolute Gasteiger partial charge is 0.407 e. The van der Waals surface area contributed by atoms with Crippen LogP contribution in [0.3, 0.4) is 0 Å². The lowest BCUT2D eigenvalue weighted by atomic mass is 9.98. The molecule has 1 aliphatic rings. The Balaban J connectivity index is 1.62. The van der Waals surface area contributed by atoms with Crippen LogP contribution in [0.2, 0.25) is 10.1 Å². The Morgan fingerprint density at radius 1 is 1.00 bits per heavy atom. The average Bonchev–Trinajstić information content (AvgIpc) is 3.50. The van der Waals surface area contributed by atoms with Gasteiger partial charge < -0.3 is 24.1 Å². The number of nitrogens with zero attached hydrogens (tertiary/aromatic N) is 4. The molecule has 11 nitrogen and oxygen atoms in total. The summed E-state index contributed by atoms with van der Waals surface area (Å²) < 4.78 is 20.2. The van der Waals surface area contributed by atoms with Crippen LogP contribution in [0.25, 0.3) is 0 Å². The summed E-state index contributed by atoms with van der Waals surface area (Å²) in [4.78, 5) is 42.7. The van der Waals surface area contributed by atoms with Crippen LogP contribution in [0.15, 0.2) is 78.9 Å². The van der Waals surface area contributed by atoms with Crippen LogP contribution in [-0.2, 0) is 26.9 Å². The molecule has 1 aromatic heterocycles. The van der Waals surface area contributed by atoms with Gasteiger partial charge in [-0.25, -0.2) is 9.59 Å². The van der Waals surface area contributed by atoms with Crippen LogP contribution in [0.5, 0.6) is 0 Å². The molecule has 4 aromatic rings. The highest BCUT2D eigenvalue weighted by molar-refractivity contribution is 6.99. The van der Waals surface area contributed by atoms with E-state index in [4.69, 9.17) is 30.6 Å². The van der Waals surface area contributed by atoms with Gasteiger partial charge in [0.15, 0.2) is 5.69 Å². The number of hydrogen-bond acceptors (Lipinski definition) is 8. The Morgan fingerprint density at radius 2 is 1.62 bits per heavy atom. The van der Waals surface area contributed by atoms with Crippen LogP contribution in [0.1, 0.15) is 99.1 Å². The van der Waals surface area contributed by atoms with E-state index in [2.05, 4.69) is 50.4 Å². The number of nitrogens with one attached hydrogen (secondary N) is 1. The number of amides is 2. The molecule has 0 radical (unpaired) electrons. The summed E-state index contributed by atoms with van der Waals surface area (Å²) in [6.45, 7) is 15.8. The van der Waals surface area contributed by atoms with Crippen molar-refractivity contribution < 1.29 is 28.3 Å². The largest absolute Gasteiger partial charge is 0.461 e. The lowest BCUT2D eigenvalue weighted by Gasteiger charge is -2.43. The van der Waals surface area contributed by atoms with Gasteiger partial charge in [-0.3, -0.25) is 9.48 Å². The molecule has 1 aliphatic heterocycles. The number of alkyl carbamates (subject to hydrolysis) is 1. The zero-order chi connectivity index (χ0) is 40.1. The van der Waals surface area contributed by atoms with Crippen LogP contribution < -0.4 is 15.7 Å². The fraction of sp³-hybridized carbons (Fsp3) is 0.405. The second kappa shape index (κ2) is 16.8. The molecule has 13 heteroatoms. The lowest BCUT2D eigenvalue weighted by Crippen LogP contribution is -2.67. The number of fused-ring (bicyclic) bond motifs is 1. The van der Waals surface area contributed by atoms with Crippen molar-refractivity contribution in [1.82, 2.24) is 20.0 Å². The Bertz CT molecular complexity index is 2010. The number of halogens is 1. The first-order valence-electron chi connectivity index (χ1n) is 18.5. The number of esters is 1. The Kier molecular flexibility index (Phi) is 12.6. The van der Waals surface area contributed by atoms with Gasteiger partial charge in [0, 0.05) is 30.1 Å².